The zero-order chi connectivity index (χ0) is 20.9. The van der Waals surface area contributed by atoms with Crippen LogP contribution in [-0.4, -0.2) is 29.2 Å². The molecule has 4 rings (SSSR count). The number of carbonyl (C=O) groups is 3. The molecule has 1 aliphatic heterocycles. The molecule has 0 radical (unpaired) electrons. The molecule has 1 saturated heterocycles. The molecule has 2 fully saturated rings. The molecule has 7 heteroatoms. The van der Waals surface area contributed by atoms with Crippen molar-refractivity contribution in [2.24, 2.45) is 11.8 Å². The number of nitrogens with one attached hydrogen (secondary N) is 1. The van der Waals surface area contributed by atoms with Crippen molar-refractivity contribution in [1.29, 1.82) is 0 Å². The van der Waals surface area contributed by atoms with E-state index in [2.05, 4.69) is 5.32 Å². The average molecular weight is 410 g/mol. The van der Waals surface area contributed by atoms with Crippen LogP contribution in [0.4, 0.5) is 0 Å². The van der Waals surface area contributed by atoms with Crippen LogP contribution >= 0.6 is 0 Å². The zero-order valence-corrected chi connectivity index (χ0v) is 16.8. The second-order valence-corrected chi connectivity index (χ2v) is 7.93. The fourth-order valence-corrected chi connectivity index (χ4v) is 4.28. The van der Waals surface area contributed by atoms with Gasteiger partial charge in [-0.2, -0.15) is 0 Å². The van der Waals surface area contributed by atoms with Crippen LogP contribution in [0.3, 0.4) is 0 Å². The maximum Gasteiger partial charge on any atom is 0.240 e. The molecule has 0 spiro atoms. The van der Waals surface area contributed by atoms with Crippen molar-refractivity contribution in [2.75, 3.05) is 6.54 Å². The SMILES string of the molecule is O=C(CN1C(=O)C2CCCCC2C1=O)NCc1cccc(COCc2ccco2)c1. The van der Waals surface area contributed by atoms with E-state index < -0.39 is 0 Å². The lowest BCUT2D eigenvalue weighted by Crippen LogP contribution is -2.40. The van der Waals surface area contributed by atoms with Crippen molar-refractivity contribution in [3.63, 3.8) is 0 Å². The summed E-state index contributed by atoms with van der Waals surface area (Å²) in [5.41, 5.74) is 1.91. The number of hydrogen-bond acceptors (Lipinski definition) is 5. The third kappa shape index (κ3) is 4.62. The Labute approximate surface area is 175 Å². The first-order chi connectivity index (χ1) is 14.6. The maximum absolute atomic E-state index is 12.5. The molecule has 2 heterocycles. The van der Waals surface area contributed by atoms with Gasteiger partial charge in [0, 0.05) is 6.54 Å². The van der Waals surface area contributed by atoms with E-state index in [0.717, 1.165) is 47.5 Å². The fraction of sp³-hybridized carbons (Fsp3) is 0.435. The lowest BCUT2D eigenvalue weighted by atomic mass is 9.81. The summed E-state index contributed by atoms with van der Waals surface area (Å²) >= 11 is 0. The van der Waals surface area contributed by atoms with Crippen molar-refractivity contribution in [3.05, 3.63) is 59.5 Å². The molecule has 1 aliphatic carbocycles. The number of nitrogens with zero attached hydrogens (tertiary/aromatic N) is 1. The van der Waals surface area contributed by atoms with E-state index in [-0.39, 0.29) is 36.1 Å². The zero-order valence-electron chi connectivity index (χ0n) is 16.8. The standard InChI is InChI=1S/C23H26N2O5/c26-21(13-25-22(27)19-8-1-2-9-20(19)23(25)28)24-12-16-5-3-6-17(11-16)14-29-15-18-7-4-10-30-18/h3-7,10-11,19-20H,1-2,8-9,12-15H2,(H,24,26). The third-order valence-electron chi connectivity index (χ3n) is 5.81. The number of fused-ring (bicyclic) bond motifs is 1. The number of amides is 3. The largest absolute Gasteiger partial charge is 0.467 e. The van der Waals surface area contributed by atoms with E-state index in [1.165, 1.54) is 0 Å². The summed E-state index contributed by atoms with van der Waals surface area (Å²) in [6.45, 7) is 0.959. The first-order valence-electron chi connectivity index (χ1n) is 10.4. The first kappa shape index (κ1) is 20.3. The van der Waals surface area contributed by atoms with E-state index in [4.69, 9.17) is 9.15 Å². The molecule has 2 atom stereocenters. The van der Waals surface area contributed by atoms with Crippen LogP contribution in [0, 0.1) is 11.8 Å². The Kier molecular flexibility index (Phi) is 6.28. The van der Waals surface area contributed by atoms with Crippen LogP contribution in [0.25, 0.3) is 0 Å². The highest BCUT2D eigenvalue weighted by atomic mass is 16.5. The van der Waals surface area contributed by atoms with Gasteiger partial charge < -0.3 is 14.5 Å². The van der Waals surface area contributed by atoms with Gasteiger partial charge in [-0.1, -0.05) is 37.1 Å². The lowest BCUT2D eigenvalue weighted by Gasteiger charge is -2.19. The van der Waals surface area contributed by atoms with E-state index >= 15 is 0 Å². The van der Waals surface area contributed by atoms with Crippen LogP contribution in [-0.2, 0) is 38.9 Å². The highest BCUT2D eigenvalue weighted by Gasteiger charge is 2.48. The maximum atomic E-state index is 12.5. The quantitative estimate of drug-likeness (QED) is 0.676. The lowest BCUT2D eigenvalue weighted by molar-refractivity contribution is -0.143. The van der Waals surface area contributed by atoms with Crippen LogP contribution < -0.4 is 5.32 Å². The van der Waals surface area contributed by atoms with E-state index in [0.29, 0.717) is 19.8 Å². The van der Waals surface area contributed by atoms with Crippen LogP contribution in [0.1, 0.15) is 42.6 Å². The number of likely N-dealkylation sites (tertiary alicyclic amines) is 1. The summed E-state index contributed by atoms with van der Waals surface area (Å²) in [6, 6.07) is 11.4. The summed E-state index contributed by atoms with van der Waals surface area (Å²) in [4.78, 5) is 38.5. The topological polar surface area (TPSA) is 88.9 Å². The Morgan fingerprint density at radius 2 is 1.77 bits per heavy atom. The molecule has 158 valence electrons. The van der Waals surface area contributed by atoms with Crippen molar-refractivity contribution in [1.82, 2.24) is 10.2 Å². The average Bonchev–Trinajstić information content (AvgIpc) is 3.36. The molecule has 1 aromatic carbocycles. The number of imide groups is 1. The van der Waals surface area contributed by atoms with Crippen LogP contribution in [0.2, 0.25) is 0 Å². The highest BCUT2D eigenvalue weighted by Crippen LogP contribution is 2.37. The molecule has 7 nitrogen and oxygen atoms in total. The number of carbonyl (C=O) groups excluding carboxylic acids is 3. The van der Waals surface area contributed by atoms with E-state index in [1.807, 2.05) is 36.4 Å². The van der Waals surface area contributed by atoms with Gasteiger partial charge in [0.1, 0.15) is 18.9 Å². The predicted molar refractivity (Wildman–Crippen MR) is 108 cm³/mol. The van der Waals surface area contributed by atoms with Gasteiger partial charge in [0.2, 0.25) is 17.7 Å². The second-order valence-electron chi connectivity index (χ2n) is 7.93. The molecule has 1 N–H and O–H groups in total. The molecule has 1 aromatic heterocycles. The minimum absolute atomic E-state index is 0.185. The van der Waals surface area contributed by atoms with Gasteiger partial charge in [0.15, 0.2) is 0 Å². The molecule has 2 aromatic rings. The molecule has 2 aliphatic rings. The molecule has 3 amide bonds. The van der Waals surface area contributed by atoms with Crippen LogP contribution in [0.15, 0.2) is 47.1 Å². The van der Waals surface area contributed by atoms with E-state index in [9.17, 15) is 14.4 Å². The van der Waals surface area contributed by atoms with Gasteiger partial charge in [-0.25, -0.2) is 0 Å². The molecular formula is C23H26N2O5. The number of benzene rings is 1. The third-order valence-corrected chi connectivity index (χ3v) is 5.81. The van der Waals surface area contributed by atoms with Crippen molar-refractivity contribution < 1.29 is 23.5 Å². The summed E-state index contributed by atoms with van der Waals surface area (Å²) in [5.74, 6) is -0.376. The second kappa shape index (κ2) is 9.26. The minimum atomic E-state index is -0.324. The summed E-state index contributed by atoms with van der Waals surface area (Å²) in [7, 11) is 0. The number of furan rings is 1. The molecule has 0 bridgehead atoms. The summed E-state index contributed by atoms with van der Waals surface area (Å²) in [5, 5.41) is 2.81. The van der Waals surface area contributed by atoms with Gasteiger partial charge in [0.25, 0.3) is 0 Å². The number of hydrogen-bond donors (Lipinski definition) is 1. The monoisotopic (exact) mass is 410 g/mol. The van der Waals surface area contributed by atoms with Gasteiger partial charge in [-0.05, 0) is 36.1 Å². The Morgan fingerprint density at radius 1 is 1.03 bits per heavy atom. The smallest absolute Gasteiger partial charge is 0.240 e. The Hall–Kier alpha value is -2.93. The minimum Gasteiger partial charge on any atom is -0.467 e. The predicted octanol–water partition coefficient (Wildman–Crippen LogP) is 2.79. The fourth-order valence-electron chi connectivity index (χ4n) is 4.28. The molecular weight excluding hydrogens is 384 g/mol. The van der Waals surface area contributed by atoms with Gasteiger partial charge >= 0.3 is 0 Å². The Morgan fingerprint density at radius 3 is 2.47 bits per heavy atom. The summed E-state index contributed by atoms with van der Waals surface area (Å²) < 4.78 is 10.9. The first-order valence-corrected chi connectivity index (χ1v) is 10.4. The molecule has 2 unspecified atom stereocenters. The van der Waals surface area contributed by atoms with Gasteiger partial charge in [-0.15, -0.1) is 0 Å². The number of rotatable bonds is 8. The van der Waals surface area contributed by atoms with Crippen LogP contribution in [0.5, 0.6) is 0 Å². The Bertz CT molecular complexity index is 884. The van der Waals surface area contributed by atoms with Crippen molar-refractivity contribution in [3.8, 4) is 0 Å². The Balaban J connectivity index is 1.25. The number of ether oxygens (including phenoxy) is 1. The van der Waals surface area contributed by atoms with Crippen molar-refractivity contribution in [2.45, 2.75) is 45.4 Å². The highest BCUT2D eigenvalue weighted by molar-refractivity contribution is 6.07. The van der Waals surface area contributed by atoms with E-state index in [1.54, 1.807) is 6.26 Å². The molecule has 30 heavy (non-hydrogen) atoms. The normalized spacial score (nSPS) is 21.0. The molecule has 1 saturated carbocycles. The summed E-state index contributed by atoms with van der Waals surface area (Å²) in [6.07, 6.45) is 5.06. The van der Waals surface area contributed by atoms with Crippen molar-refractivity contribution >= 4 is 17.7 Å². The van der Waals surface area contributed by atoms with Gasteiger partial charge in [0.05, 0.1) is 24.7 Å². The van der Waals surface area contributed by atoms with Gasteiger partial charge in [-0.3, -0.25) is 19.3 Å².